The summed E-state index contributed by atoms with van der Waals surface area (Å²) in [6.45, 7) is 18.4. The summed E-state index contributed by atoms with van der Waals surface area (Å²) in [7, 11) is 0. The third kappa shape index (κ3) is 10.0. The highest BCUT2D eigenvalue weighted by Gasteiger charge is 2.24. The quantitative estimate of drug-likeness (QED) is 0.278. The highest BCUT2D eigenvalue weighted by Crippen LogP contribution is 2.07. The molecule has 34 heavy (non-hydrogen) atoms. The van der Waals surface area contributed by atoms with Gasteiger partial charge in [0.2, 0.25) is 0 Å². The van der Waals surface area contributed by atoms with Crippen LogP contribution in [0.5, 0.6) is 0 Å². The van der Waals surface area contributed by atoms with Gasteiger partial charge >= 0.3 is 24.0 Å². The van der Waals surface area contributed by atoms with Crippen LogP contribution >= 0.6 is 0 Å². The molecule has 0 aliphatic heterocycles. The highest BCUT2D eigenvalue weighted by molar-refractivity contribution is 5.91. The van der Waals surface area contributed by atoms with Crippen molar-refractivity contribution in [2.45, 2.75) is 67.5 Å². The van der Waals surface area contributed by atoms with Crippen LogP contribution in [0.15, 0.2) is 12.2 Å². The minimum absolute atomic E-state index is 0.00896. The molecule has 0 radical (unpaired) electrons. The average Bonchev–Trinajstić information content (AvgIpc) is 2.82. The summed E-state index contributed by atoms with van der Waals surface area (Å²) in [6, 6.07) is -0.840. The van der Waals surface area contributed by atoms with E-state index in [2.05, 4.69) is 0 Å². The van der Waals surface area contributed by atoms with Gasteiger partial charge in [-0.05, 0) is 55.4 Å². The molecule has 4 amide bonds. The van der Waals surface area contributed by atoms with Crippen LogP contribution in [0.25, 0.3) is 0 Å². The van der Waals surface area contributed by atoms with Crippen molar-refractivity contribution in [1.29, 1.82) is 0 Å². The van der Waals surface area contributed by atoms with E-state index in [-0.39, 0.29) is 37.4 Å². The number of rotatable bonds is 14. The number of likely N-dealkylation sites (N-methyl/N-ethyl adjacent to an activating group) is 2. The lowest BCUT2D eigenvalue weighted by molar-refractivity contribution is -0.141. The van der Waals surface area contributed by atoms with E-state index in [1.54, 1.807) is 33.4 Å². The molecule has 196 valence electrons. The zero-order valence-electron chi connectivity index (χ0n) is 22.2. The lowest BCUT2D eigenvalue weighted by atomic mass is 10.3. The Labute approximate surface area is 204 Å². The van der Waals surface area contributed by atoms with E-state index < -0.39 is 11.9 Å². The van der Waals surface area contributed by atoms with E-state index in [1.807, 2.05) is 41.5 Å². The van der Waals surface area contributed by atoms with Crippen LogP contribution in [-0.2, 0) is 19.1 Å². The summed E-state index contributed by atoms with van der Waals surface area (Å²) >= 11 is 0. The molecule has 10 heteroatoms. The van der Waals surface area contributed by atoms with E-state index in [4.69, 9.17) is 9.47 Å². The van der Waals surface area contributed by atoms with E-state index in [0.29, 0.717) is 39.3 Å². The predicted molar refractivity (Wildman–Crippen MR) is 131 cm³/mol. The first-order chi connectivity index (χ1) is 16.1. The molecule has 0 aromatic heterocycles. The van der Waals surface area contributed by atoms with Gasteiger partial charge in [0.1, 0.15) is 13.2 Å². The maximum atomic E-state index is 12.6. The molecule has 0 spiro atoms. The van der Waals surface area contributed by atoms with Gasteiger partial charge < -0.3 is 29.1 Å². The van der Waals surface area contributed by atoms with Crippen molar-refractivity contribution in [2.24, 2.45) is 0 Å². The molecule has 0 unspecified atom stereocenters. The summed E-state index contributed by atoms with van der Waals surface area (Å²) in [4.78, 5) is 55.8. The van der Waals surface area contributed by atoms with Crippen LogP contribution in [0, 0.1) is 0 Å². The maximum absolute atomic E-state index is 12.6. The van der Waals surface area contributed by atoms with Crippen molar-refractivity contribution in [3.63, 3.8) is 0 Å². The normalized spacial score (nSPS) is 12.6. The smallest absolute Gasteiger partial charge is 0.331 e. The maximum Gasteiger partial charge on any atom is 0.331 e. The van der Waals surface area contributed by atoms with Crippen molar-refractivity contribution in [3.8, 4) is 0 Å². The Morgan fingerprint density at radius 3 is 1.12 bits per heavy atom. The van der Waals surface area contributed by atoms with Crippen LogP contribution in [0.3, 0.4) is 0 Å². The van der Waals surface area contributed by atoms with Gasteiger partial charge in [-0.1, -0.05) is 0 Å². The molecule has 0 aromatic rings. The Bertz CT molecular complexity index is 620. The number of hydrogen-bond acceptors (Lipinski definition) is 6. The Balaban J connectivity index is 4.68. The Hall–Kier alpha value is -2.78. The molecule has 0 bridgehead atoms. The molecule has 0 saturated carbocycles. The monoisotopic (exact) mass is 484 g/mol. The fraction of sp³-hybridized carbons (Fsp3) is 0.750. The molecule has 0 fully saturated rings. The molecule has 10 nitrogen and oxygen atoms in total. The molecule has 2 atom stereocenters. The molecule has 0 saturated heterocycles. The van der Waals surface area contributed by atoms with Gasteiger partial charge in [-0.3, -0.25) is 0 Å². The first-order valence-electron chi connectivity index (χ1n) is 12.2. The highest BCUT2D eigenvalue weighted by atomic mass is 16.5. The number of amides is 4. The number of ether oxygens (including phenoxy) is 2. The number of nitrogens with zero attached hydrogens (tertiary/aromatic N) is 4. The van der Waals surface area contributed by atoms with Gasteiger partial charge in [-0.25, -0.2) is 19.2 Å². The number of carbonyl (C=O) groups is 4. The topological polar surface area (TPSA) is 99.7 Å². The van der Waals surface area contributed by atoms with Gasteiger partial charge in [0.05, 0.1) is 12.1 Å². The second-order valence-electron chi connectivity index (χ2n) is 7.77. The largest absolute Gasteiger partial charge is 0.460 e. The standard InChI is InChI=1S/C24H44N4O6/c1-9-25(10-2)23(31)27(13-5)19(7)17-33-21(29)15-16-22(30)34-18-20(8)28(14-6)24(32)26(11-3)12-4/h15-16,19-20H,9-14,17-18H2,1-8H3/b16-15+/t19-,20-/m1/s1. The van der Waals surface area contributed by atoms with Crippen LogP contribution in [0.4, 0.5) is 9.59 Å². The molecule has 0 N–H and O–H groups in total. The van der Waals surface area contributed by atoms with E-state index in [1.165, 1.54) is 0 Å². The zero-order valence-corrected chi connectivity index (χ0v) is 22.2. The average molecular weight is 485 g/mol. The van der Waals surface area contributed by atoms with Crippen LogP contribution in [-0.4, -0.2) is 108 Å². The second kappa shape index (κ2) is 16.8. The molecule has 0 rings (SSSR count). The lowest BCUT2D eigenvalue weighted by Gasteiger charge is -2.32. The predicted octanol–water partition coefficient (Wildman–Crippen LogP) is 2.97. The molecular weight excluding hydrogens is 440 g/mol. The van der Waals surface area contributed by atoms with Gasteiger partial charge in [0.25, 0.3) is 0 Å². The summed E-state index contributed by atoms with van der Waals surface area (Å²) in [5.41, 5.74) is 0. The molecular formula is C24H44N4O6. The van der Waals surface area contributed by atoms with E-state index >= 15 is 0 Å². The third-order valence-corrected chi connectivity index (χ3v) is 5.59. The van der Waals surface area contributed by atoms with Crippen molar-refractivity contribution >= 4 is 24.0 Å². The zero-order chi connectivity index (χ0) is 26.3. The Morgan fingerprint density at radius 2 is 0.882 bits per heavy atom. The first kappa shape index (κ1) is 31.2. The minimum atomic E-state index is -0.699. The summed E-state index contributed by atoms with van der Waals surface area (Å²) in [6.07, 6.45) is 2.00. The van der Waals surface area contributed by atoms with Crippen molar-refractivity contribution in [1.82, 2.24) is 19.6 Å². The van der Waals surface area contributed by atoms with Crippen molar-refractivity contribution in [2.75, 3.05) is 52.5 Å². The van der Waals surface area contributed by atoms with Crippen LogP contribution < -0.4 is 0 Å². The second-order valence-corrected chi connectivity index (χ2v) is 7.77. The Morgan fingerprint density at radius 1 is 0.588 bits per heavy atom. The third-order valence-electron chi connectivity index (χ3n) is 5.59. The van der Waals surface area contributed by atoms with Gasteiger partial charge in [-0.15, -0.1) is 0 Å². The number of urea groups is 2. The molecule has 0 heterocycles. The fourth-order valence-corrected chi connectivity index (χ4v) is 3.44. The number of carbonyl (C=O) groups excluding carboxylic acids is 4. The van der Waals surface area contributed by atoms with Gasteiger partial charge in [0, 0.05) is 51.4 Å². The van der Waals surface area contributed by atoms with Crippen LogP contribution in [0.2, 0.25) is 0 Å². The minimum Gasteiger partial charge on any atom is -0.460 e. The number of esters is 2. The summed E-state index contributed by atoms with van der Waals surface area (Å²) < 4.78 is 10.4. The SMILES string of the molecule is CCN(CC)C(=O)N(CC)[C@H](C)COC(=O)/C=C/C(=O)OC[C@@H](C)N(CC)C(=O)N(CC)CC. The molecule has 0 aromatic carbocycles. The summed E-state index contributed by atoms with van der Waals surface area (Å²) in [5.74, 6) is -1.40. The van der Waals surface area contributed by atoms with E-state index in [0.717, 1.165) is 12.2 Å². The van der Waals surface area contributed by atoms with Gasteiger partial charge in [0.15, 0.2) is 0 Å². The Kier molecular flexibility index (Phi) is 15.4. The van der Waals surface area contributed by atoms with Crippen LogP contribution in [0.1, 0.15) is 55.4 Å². The summed E-state index contributed by atoms with van der Waals surface area (Å²) in [5, 5.41) is 0. The lowest BCUT2D eigenvalue weighted by Crippen LogP contribution is -2.48. The van der Waals surface area contributed by atoms with Crippen molar-refractivity contribution < 1.29 is 28.7 Å². The van der Waals surface area contributed by atoms with Crippen molar-refractivity contribution in [3.05, 3.63) is 12.2 Å². The fourth-order valence-electron chi connectivity index (χ4n) is 3.44. The number of hydrogen-bond donors (Lipinski definition) is 0. The molecule has 0 aliphatic rings. The van der Waals surface area contributed by atoms with Gasteiger partial charge in [-0.2, -0.15) is 0 Å². The van der Waals surface area contributed by atoms with E-state index in [9.17, 15) is 19.2 Å². The first-order valence-corrected chi connectivity index (χ1v) is 12.2. The molecule has 0 aliphatic carbocycles.